The number of aromatic nitrogens is 2. The Labute approximate surface area is 467 Å². The van der Waals surface area contributed by atoms with Crippen molar-refractivity contribution in [1.29, 1.82) is 0 Å². The molecule has 14 rings (SSSR count). The van der Waals surface area contributed by atoms with Crippen molar-refractivity contribution in [1.82, 2.24) is 9.55 Å². The van der Waals surface area contributed by atoms with Crippen LogP contribution in [0.3, 0.4) is 0 Å². The molecule has 80 heavy (non-hydrogen) atoms. The van der Waals surface area contributed by atoms with Crippen LogP contribution in [0.4, 0.5) is 22.7 Å². The first-order chi connectivity index (χ1) is 38.9. The number of benzene rings is 10. The van der Waals surface area contributed by atoms with Crippen molar-refractivity contribution in [3.05, 3.63) is 254 Å². The van der Waals surface area contributed by atoms with Crippen LogP contribution in [-0.2, 0) is 10.8 Å². The Balaban J connectivity index is 0.894. The molecule has 0 amide bonds. The fraction of sp³-hybridized carbons (Fsp3) is 0.122. The number of para-hydroxylation sites is 2. The van der Waals surface area contributed by atoms with E-state index in [4.69, 9.17) is 14.1 Å². The second-order valence-electron chi connectivity index (χ2n) is 23.3. The van der Waals surface area contributed by atoms with Gasteiger partial charge >= 0.3 is 0 Å². The van der Waals surface area contributed by atoms with Crippen LogP contribution >= 0.6 is 0 Å². The number of pyridine rings is 1. The fourth-order valence-electron chi connectivity index (χ4n) is 11.8. The molecular weight excluding hydrogens is 977 g/mol. The Kier molecular flexibility index (Phi) is 11.6. The lowest BCUT2D eigenvalue weighted by Gasteiger charge is -2.30. The summed E-state index contributed by atoms with van der Waals surface area (Å²) in [4.78, 5) is 9.98. The molecule has 0 saturated heterocycles. The summed E-state index contributed by atoms with van der Waals surface area (Å²) in [6, 6.07) is 85.1. The van der Waals surface area contributed by atoms with Crippen LogP contribution in [0.5, 0.6) is 11.5 Å². The summed E-state index contributed by atoms with van der Waals surface area (Å²) in [5, 5.41) is 4.35. The third-order valence-electron chi connectivity index (χ3n) is 16.0. The standard InChI is InChI=1S/C74H60N4O2/c1-73(2,3)55-38-39-75-68(44-55)78-66-46-59(35-36-61(66)72-71(78)69-60-31-14-13-24-50(60)34-37-67(69)80-72)79-58-30-19-29-57(45-58)76-47-77(65-33-16-15-32-64(65)76)70-62(53-27-17-25-51(40-53)48-20-9-7-10-21-48)42-56(74(4,5)6)43-63(70)54-28-18-26-52(41-54)49-22-11-8-12-23-49/h7-46H,47H2,1-6H3. The van der Waals surface area contributed by atoms with Crippen molar-refractivity contribution < 1.29 is 9.15 Å². The predicted octanol–water partition coefficient (Wildman–Crippen LogP) is 20.4. The molecule has 3 aromatic heterocycles. The van der Waals surface area contributed by atoms with Gasteiger partial charge in [-0.1, -0.05) is 187 Å². The molecule has 1 aliphatic heterocycles. The number of nitrogens with zero attached hydrogens (tertiary/aromatic N) is 4. The van der Waals surface area contributed by atoms with Crippen LogP contribution in [0.15, 0.2) is 247 Å². The quantitative estimate of drug-likeness (QED) is 0.144. The minimum absolute atomic E-state index is 0.0818. The molecule has 0 aliphatic carbocycles. The lowest BCUT2D eigenvalue weighted by atomic mass is 9.81. The first-order valence-corrected chi connectivity index (χ1v) is 27.7. The average molecular weight is 1040 g/mol. The lowest BCUT2D eigenvalue weighted by Crippen LogP contribution is -2.25. The normalized spacial score (nSPS) is 12.8. The molecule has 4 heterocycles. The summed E-state index contributed by atoms with van der Waals surface area (Å²) in [7, 11) is 0. The zero-order valence-electron chi connectivity index (χ0n) is 45.9. The van der Waals surface area contributed by atoms with Gasteiger partial charge in [0.1, 0.15) is 35.1 Å². The van der Waals surface area contributed by atoms with Crippen molar-refractivity contribution >= 4 is 66.5 Å². The molecule has 0 unspecified atom stereocenters. The van der Waals surface area contributed by atoms with E-state index in [1.54, 1.807) is 0 Å². The Bertz CT molecular complexity index is 4410. The van der Waals surface area contributed by atoms with Crippen LogP contribution in [0.1, 0.15) is 52.7 Å². The molecule has 0 bridgehead atoms. The maximum absolute atomic E-state index is 6.97. The van der Waals surface area contributed by atoms with Gasteiger partial charge in [0.25, 0.3) is 0 Å². The highest BCUT2D eigenvalue weighted by atomic mass is 16.5. The molecular formula is C74H60N4O2. The Morgan fingerprint density at radius 1 is 0.450 bits per heavy atom. The van der Waals surface area contributed by atoms with E-state index in [1.807, 2.05) is 12.3 Å². The van der Waals surface area contributed by atoms with Gasteiger partial charge in [-0.3, -0.25) is 4.57 Å². The molecule has 388 valence electrons. The smallest absolute Gasteiger partial charge is 0.161 e. The molecule has 13 aromatic rings. The fourth-order valence-corrected chi connectivity index (χ4v) is 11.8. The third kappa shape index (κ3) is 8.56. The minimum atomic E-state index is -0.137. The van der Waals surface area contributed by atoms with Crippen molar-refractivity contribution in [3.8, 4) is 61.8 Å². The number of rotatable bonds is 9. The summed E-state index contributed by atoms with van der Waals surface area (Å²) in [6.45, 7) is 14.2. The summed E-state index contributed by atoms with van der Waals surface area (Å²) in [5.41, 5.74) is 19.7. The van der Waals surface area contributed by atoms with Gasteiger partial charge in [0.05, 0.1) is 28.0 Å². The number of furan rings is 1. The maximum atomic E-state index is 6.97. The molecule has 0 radical (unpaired) electrons. The summed E-state index contributed by atoms with van der Waals surface area (Å²) >= 11 is 0. The molecule has 0 atom stereocenters. The van der Waals surface area contributed by atoms with Crippen LogP contribution in [0.2, 0.25) is 0 Å². The van der Waals surface area contributed by atoms with E-state index >= 15 is 0 Å². The number of anilines is 4. The van der Waals surface area contributed by atoms with E-state index in [0.29, 0.717) is 12.4 Å². The van der Waals surface area contributed by atoms with Crippen LogP contribution in [0.25, 0.3) is 94.1 Å². The number of fused-ring (bicyclic) bond motifs is 8. The maximum Gasteiger partial charge on any atom is 0.161 e. The Morgan fingerprint density at radius 2 is 1.04 bits per heavy atom. The molecule has 1 aliphatic rings. The number of ether oxygens (including phenoxy) is 1. The van der Waals surface area contributed by atoms with Crippen LogP contribution in [-0.4, -0.2) is 16.2 Å². The zero-order chi connectivity index (χ0) is 54.3. The summed E-state index contributed by atoms with van der Waals surface area (Å²) in [5.74, 6) is 2.27. The highest BCUT2D eigenvalue weighted by molar-refractivity contribution is 6.24. The van der Waals surface area contributed by atoms with Crippen molar-refractivity contribution in [3.63, 3.8) is 0 Å². The SMILES string of the molecule is CC(C)(C)c1ccnc(-n2c3cc(Oc4cccc(N5CN(c6c(-c7cccc(-c8ccccc8)c7)cc(C(C)(C)C)cc6-c6cccc(-c7ccccc7)c6)c6ccccc65)c4)ccc3c3oc4ccc5ccccc5c4c32)c1. The van der Waals surface area contributed by atoms with Gasteiger partial charge in [0.15, 0.2) is 5.58 Å². The van der Waals surface area contributed by atoms with Gasteiger partial charge in [-0.2, -0.15) is 0 Å². The molecule has 0 spiro atoms. The second kappa shape index (κ2) is 19.1. The van der Waals surface area contributed by atoms with E-state index in [-0.39, 0.29) is 10.8 Å². The highest BCUT2D eigenvalue weighted by Crippen LogP contribution is 2.52. The monoisotopic (exact) mass is 1040 g/mol. The van der Waals surface area contributed by atoms with Crippen LogP contribution < -0.4 is 14.5 Å². The number of hydrogen-bond acceptors (Lipinski definition) is 5. The van der Waals surface area contributed by atoms with Crippen LogP contribution in [0, 0.1) is 0 Å². The Hall–Kier alpha value is -9.65. The number of hydrogen-bond donors (Lipinski definition) is 0. The van der Waals surface area contributed by atoms with E-state index in [2.05, 4.69) is 286 Å². The molecule has 0 fully saturated rings. The van der Waals surface area contributed by atoms with Crippen molar-refractivity contribution in [2.24, 2.45) is 0 Å². The largest absolute Gasteiger partial charge is 0.457 e. The summed E-state index contributed by atoms with van der Waals surface area (Å²) in [6.07, 6.45) is 1.92. The topological polar surface area (TPSA) is 46.7 Å². The van der Waals surface area contributed by atoms with Gasteiger partial charge in [0.2, 0.25) is 0 Å². The lowest BCUT2D eigenvalue weighted by molar-refractivity contribution is 0.483. The van der Waals surface area contributed by atoms with Gasteiger partial charge in [0, 0.05) is 40.5 Å². The van der Waals surface area contributed by atoms with E-state index < -0.39 is 0 Å². The van der Waals surface area contributed by atoms with Crippen molar-refractivity contribution in [2.45, 2.75) is 52.4 Å². The van der Waals surface area contributed by atoms with Gasteiger partial charge < -0.3 is 19.0 Å². The summed E-state index contributed by atoms with van der Waals surface area (Å²) < 4.78 is 16.0. The zero-order valence-corrected chi connectivity index (χ0v) is 45.9. The first kappa shape index (κ1) is 48.7. The minimum Gasteiger partial charge on any atom is -0.457 e. The molecule has 6 nitrogen and oxygen atoms in total. The van der Waals surface area contributed by atoms with Gasteiger partial charge in [-0.15, -0.1) is 0 Å². The average Bonchev–Trinajstić information content (AvgIpc) is 3.79. The van der Waals surface area contributed by atoms with Crippen molar-refractivity contribution in [2.75, 3.05) is 16.5 Å². The van der Waals surface area contributed by atoms with E-state index in [9.17, 15) is 0 Å². The van der Waals surface area contributed by atoms with E-state index in [1.165, 1.54) is 44.5 Å². The molecule has 0 N–H and O–H groups in total. The molecule has 0 saturated carbocycles. The predicted molar refractivity (Wildman–Crippen MR) is 334 cm³/mol. The second-order valence-corrected chi connectivity index (χ2v) is 23.3. The first-order valence-electron chi connectivity index (χ1n) is 27.7. The van der Waals surface area contributed by atoms with Gasteiger partial charge in [-0.25, -0.2) is 4.98 Å². The van der Waals surface area contributed by atoms with E-state index in [0.717, 1.165) is 89.2 Å². The highest BCUT2D eigenvalue weighted by Gasteiger charge is 2.33. The Morgan fingerprint density at radius 3 is 1.71 bits per heavy atom. The third-order valence-corrected chi connectivity index (χ3v) is 16.0. The molecule has 6 heteroatoms. The van der Waals surface area contributed by atoms with Gasteiger partial charge in [-0.05, 0) is 145 Å². The molecule has 10 aromatic carbocycles.